The summed E-state index contributed by atoms with van der Waals surface area (Å²) in [7, 11) is 0. The summed E-state index contributed by atoms with van der Waals surface area (Å²) >= 11 is 6.08. The van der Waals surface area contributed by atoms with E-state index in [4.69, 9.17) is 0 Å². The molecule has 2 nitrogen and oxygen atoms in total. The van der Waals surface area contributed by atoms with Gasteiger partial charge in [-0.3, -0.25) is 0 Å². The molecular weight excluding hydrogens is 491 g/mol. The fourth-order valence-corrected chi connectivity index (χ4v) is 6.22. The largest absolute Gasteiger partial charge is 0.361 e. The first-order valence-corrected chi connectivity index (χ1v) is 13.9. The summed E-state index contributed by atoms with van der Waals surface area (Å²) in [5.74, 6) is 0. The van der Waals surface area contributed by atoms with E-state index in [1.165, 1.54) is 30.5 Å². The Labute approximate surface area is 193 Å². The molecule has 150 valence electrons. The summed E-state index contributed by atoms with van der Waals surface area (Å²) in [5, 5.41) is 7.61. The molecule has 7 aromatic rings. The molecule has 0 fully saturated rings. The van der Waals surface area contributed by atoms with Crippen molar-refractivity contribution in [2.24, 2.45) is 0 Å². The molecule has 0 saturated carbocycles. The van der Waals surface area contributed by atoms with Crippen molar-refractivity contribution in [1.29, 1.82) is 0 Å². The second-order valence-electron chi connectivity index (χ2n) is 6.10. The number of para-hydroxylation sites is 1. The summed E-state index contributed by atoms with van der Waals surface area (Å²) < 4.78 is 4.16. The molecule has 0 unspecified atom stereocenters. The molecule has 0 radical (unpaired) electrons. The molecule has 6 aromatic heterocycles. The van der Waals surface area contributed by atoms with Gasteiger partial charge in [0.1, 0.15) is 0 Å². The van der Waals surface area contributed by atoms with Gasteiger partial charge in [-0.1, -0.05) is 18.2 Å². The minimum Gasteiger partial charge on any atom is -0.361 e. The van der Waals surface area contributed by atoms with E-state index in [1.54, 1.807) is 34.0 Å². The molecule has 0 bridgehead atoms. The van der Waals surface area contributed by atoms with Crippen LogP contribution in [0.3, 0.4) is 0 Å². The number of aromatic amines is 2. The molecular formula is C24H20N2S3Se. The van der Waals surface area contributed by atoms with Crippen LogP contribution in [0.15, 0.2) is 105 Å². The molecule has 0 spiro atoms. The second kappa shape index (κ2) is 11.2. The Hall–Kier alpha value is -2.34. The average Bonchev–Trinajstić information content (AvgIpc) is 3.57. The van der Waals surface area contributed by atoms with Crippen LogP contribution in [-0.4, -0.2) is 24.5 Å². The second-order valence-corrected chi connectivity index (χ2v) is 10.7. The van der Waals surface area contributed by atoms with Crippen LogP contribution < -0.4 is 0 Å². The van der Waals surface area contributed by atoms with E-state index >= 15 is 0 Å². The third-order valence-corrected chi connectivity index (χ3v) is 8.22. The molecule has 1 aromatic carbocycles. The van der Waals surface area contributed by atoms with Crippen molar-refractivity contribution in [2.45, 2.75) is 0 Å². The Bertz CT molecular complexity index is 1150. The normalized spacial score (nSPS) is 10.0. The third-order valence-electron chi connectivity index (χ3n) is 4.13. The fraction of sp³-hybridized carbons (Fsp3) is 0. The van der Waals surface area contributed by atoms with Crippen molar-refractivity contribution in [3.8, 4) is 0 Å². The maximum absolute atomic E-state index is 3.12. The third kappa shape index (κ3) is 5.85. The molecule has 6 heteroatoms. The number of benzene rings is 1. The van der Waals surface area contributed by atoms with Gasteiger partial charge in [-0.05, 0) is 57.9 Å². The zero-order valence-corrected chi connectivity index (χ0v) is 20.2. The first-order valence-electron chi connectivity index (χ1n) is 9.31. The summed E-state index contributed by atoms with van der Waals surface area (Å²) in [5.41, 5.74) is 2.45. The summed E-state index contributed by atoms with van der Waals surface area (Å²) in [6.45, 7) is 0. The number of nitrogens with one attached hydrogen (secondary N) is 2. The van der Waals surface area contributed by atoms with E-state index in [1.807, 2.05) is 24.5 Å². The van der Waals surface area contributed by atoms with Gasteiger partial charge in [-0.25, -0.2) is 0 Å². The first-order chi connectivity index (χ1) is 14.9. The Morgan fingerprint density at radius 2 is 1.17 bits per heavy atom. The van der Waals surface area contributed by atoms with Crippen molar-refractivity contribution in [3.63, 3.8) is 0 Å². The molecule has 7 rings (SSSR count). The number of H-pyrrole nitrogens is 2. The molecule has 6 heterocycles. The van der Waals surface area contributed by atoms with Crippen LogP contribution in [0, 0.1) is 0 Å². The van der Waals surface area contributed by atoms with E-state index < -0.39 is 0 Å². The minimum absolute atomic E-state index is 0.708. The van der Waals surface area contributed by atoms with Gasteiger partial charge in [0.15, 0.2) is 0 Å². The molecule has 2 N–H and O–H groups in total. The van der Waals surface area contributed by atoms with Crippen molar-refractivity contribution in [3.05, 3.63) is 105 Å². The monoisotopic (exact) mass is 512 g/mol. The van der Waals surface area contributed by atoms with Gasteiger partial charge >= 0.3 is 36.5 Å². The summed E-state index contributed by atoms with van der Waals surface area (Å²) in [6, 6.07) is 22.9. The molecule has 0 saturated heterocycles. The van der Waals surface area contributed by atoms with Crippen LogP contribution in [0.2, 0.25) is 0 Å². The fourth-order valence-electron chi connectivity index (χ4n) is 2.70. The standard InChI is InChI=1S/C8H7N.C6H5NS.C6H4S2.C4H4Se/c1-2-4-8-7(3-1)5-6-9-8;1-3-7-5-2-4-8-6(1)5;1-3-7-6-2-4-8-5(1)6;1-2-4-5-3-1/h1-6,9H;1-4,7H;1-4H;1-4H. The number of rotatable bonds is 0. The van der Waals surface area contributed by atoms with E-state index in [9.17, 15) is 0 Å². The van der Waals surface area contributed by atoms with Crippen molar-refractivity contribution in [2.75, 3.05) is 0 Å². The SMILES string of the molecule is c1cc2sccc2[nH]1.c1cc2sccc2s1.c1cc[se]c1.c1ccc2[nH]ccc2c1. The Morgan fingerprint density at radius 1 is 0.533 bits per heavy atom. The van der Waals surface area contributed by atoms with E-state index in [0.29, 0.717) is 14.5 Å². The van der Waals surface area contributed by atoms with Crippen molar-refractivity contribution in [1.82, 2.24) is 9.97 Å². The summed E-state index contributed by atoms with van der Waals surface area (Å²) in [4.78, 5) is 10.6. The zero-order chi connectivity index (χ0) is 20.4. The minimum atomic E-state index is 0.708. The van der Waals surface area contributed by atoms with Gasteiger partial charge in [0.05, 0.1) is 10.2 Å². The molecule has 0 amide bonds. The van der Waals surface area contributed by atoms with Crippen LogP contribution in [0.25, 0.3) is 30.5 Å². The Morgan fingerprint density at radius 3 is 1.83 bits per heavy atom. The summed E-state index contributed by atoms with van der Waals surface area (Å²) in [6.07, 6.45) is 3.91. The zero-order valence-electron chi connectivity index (χ0n) is 16.0. The smallest absolute Gasteiger partial charge is 0.0453 e. The predicted molar refractivity (Wildman–Crippen MR) is 138 cm³/mol. The maximum atomic E-state index is 3.12. The number of hydrogen-bond donors (Lipinski definition) is 2. The topological polar surface area (TPSA) is 31.6 Å². The van der Waals surface area contributed by atoms with E-state index in [-0.39, 0.29) is 0 Å². The van der Waals surface area contributed by atoms with Crippen LogP contribution >= 0.6 is 34.0 Å². The van der Waals surface area contributed by atoms with Crippen molar-refractivity contribution >= 4 is 79.0 Å². The van der Waals surface area contributed by atoms with Crippen molar-refractivity contribution < 1.29 is 0 Å². The Balaban J connectivity index is 0.0000000986. The molecule has 0 aliphatic heterocycles. The number of aromatic nitrogens is 2. The molecule has 30 heavy (non-hydrogen) atoms. The molecule has 0 aliphatic rings. The van der Waals surface area contributed by atoms with Gasteiger partial charge in [0.25, 0.3) is 0 Å². The predicted octanol–water partition coefficient (Wildman–Crippen LogP) is 8.10. The number of hydrogen-bond acceptors (Lipinski definition) is 3. The quantitative estimate of drug-likeness (QED) is 0.193. The van der Waals surface area contributed by atoms with Gasteiger partial charge in [-0.15, -0.1) is 34.0 Å². The van der Waals surface area contributed by atoms with Gasteiger partial charge in [0, 0.05) is 27.3 Å². The average molecular weight is 512 g/mol. The van der Waals surface area contributed by atoms with Gasteiger partial charge in [-0.2, -0.15) is 0 Å². The van der Waals surface area contributed by atoms with Gasteiger partial charge < -0.3 is 9.97 Å². The number of thiophene rings is 3. The van der Waals surface area contributed by atoms with E-state index in [0.717, 1.165) is 0 Å². The van der Waals surface area contributed by atoms with E-state index in [2.05, 4.69) is 90.6 Å². The van der Waals surface area contributed by atoms with Crippen LogP contribution in [0.1, 0.15) is 0 Å². The van der Waals surface area contributed by atoms with Crippen LogP contribution in [-0.2, 0) is 0 Å². The Kier molecular flexibility index (Phi) is 7.78. The maximum Gasteiger partial charge on any atom is 0.0453 e. The number of fused-ring (bicyclic) bond motifs is 3. The van der Waals surface area contributed by atoms with Gasteiger partial charge in [0.2, 0.25) is 0 Å². The first kappa shape index (κ1) is 20.9. The van der Waals surface area contributed by atoms with Crippen LogP contribution in [0.5, 0.6) is 0 Å². The molecule has 0 aliphatic carbocycles. The molecule has 0 atom stereocenters. The van der Waals surface area contributed by atoms with Crippen LogP contribution in [0.4, 0.5) is 0 Å².